The van der Waals surface area contributed by atoms with Crippen LogP contribution in [-0.4, -0.2) is 16.9 Å². The van der Waals surface area contributed by atoms with E-state index in [1.807, 2.05) is 0 Å². The van der Waals surface area contributed by atoms with Gasteiger partial charge in [0.2, 0.25) is 0 Å². The number of pyridine rings is 1. The number of carbonyl (C=O) groups excluding carboxylic acids is 1. The minimum Gasteiger partial charge on any atom is -0.395 e. The largest absolute Gasteiger partial charge is 0.430 e. The molecule has 1 heterocycles. The van der Waals surface area contributed by atoms with Gasteiger partial charge in [-0.15, -0.1) is 0 Å². The summed E-state index contributed by atoms with van der Waals surface area (Å²) in [5.74, 6) is -0.821. The van der Waals surface area contributed by atoms with Gasteiger partial charge < -0.3 is 5.73 Å². The van der Waals surface area contributed by atoms with E-state index in [1.54, 1.807) is 0 Å². The first-order valence-electron chi connectivity index (χ1n) is 3.90. The lowest BCUT2D eigenvalue weighted by Gasteiger charge is -2.05. The van der Waals surface area contributed by atoms with Crippen LogP contribution in [0.4, 0.5) is 13.2 Å². The molecule has 0 amide bonds. The number of allylic oxidation sites excluding steroid dienone is 2. The summed E-state index contributed by atoms with van der Waals surface area (Å²) in [6.07, 6.45) is -1.76. The van der Waals surface area contributed by atoms with Crippen LogP contribution in [-0.2, 0) is 0 Å². The minimum atomic E-state index is -4.68. The number of hydrogen-bond acceptors (Lipinski definition) is 3. The Morgan fingerprint density at radius 1 is 1.47 bits per heavy atom. The van der Waals surface area contributed by atoms with Crippen molar-refractivity contribution in [1.29, 1.82) is 0 Å². The van der Waals surface area contributed by atoms with Gasteiger partial charge in [0.15, 0.2) is 5.78 Å². The highest BCUT2D eigenvalue weighted by Crippen LogP contribution is 2.21. The maximum atomic E-state index is 12.0. The van der Waals surface area contributed by atoms with Gasteiger partial charge in [-0.3, -0.25) is 9.78 Å². The SMILES string of the molecule is N/C(=C\C(=O)c1cccnc1)C(F)(F)F. The first-order chi connectivity index (χ1) is 6.91. The molecule has 0 aliphatic heterocycles. The summed E-state index contributed by atoms with van der Waals surface area (Å²) in [7, 11) is 0. The van der Waals surface area contributed by atoms with Crippen molar-refractivity contribution in [3.63, 3.8) is 0 Å². The number of alkyl halides is 3. The Hall–Kier alpha value is -1.85. The van der Waals surface area contributed by atoms with Crippen molar-refractivity contribution < 1.29 is 18.0 Å². The van der Waals surface area contributed by atoms with Crippen LogP contribution in [0.1, 0.15) is 10.4 Å². The zero-order chi connectivity index (χ0) is 11.5. The summed E-state index contributed by atoms with van der Waals surface area (Å²) >= 11 is 0. The van der Waals surface area contributed by atoms with Gasteiger partial charge in [-0.2, -0.15) is 13.2 Å². The van der Waals surface area contributed by atoms with Crippen molar-refractivity contribution in [2.75, 3.05) is 0 Å². The summed E-state index contributed by atoms with van der Waals surface area (Å²) < 4.78 is 35.9. The smallest absolute Gasteiger partial charge is 0.395 e. The molecule has 0 aliphatic carbocycles. The van der Waals surface area contributed by atoms with Crippen molar-refractivity contribution in [2.24, 2.45) is 5.73 Å². The van der Waals surface area contributed by atoms with Crippen LogP contribution in [0.25, 0.3) is 0 Å². The van der Waals surface area contributed by atoms with Crippen molar-refractivity contribution in [2.45, 2.75) is 6.18 Å². The molecule has 0 radical (unpaired) electrons. The lowest BCUT2D eigenvalue weighted by molar-refractivity contribution is -0.0927. The Kier molecular flexibility index (Phi) is 3.08. The van der Waals surface area contributed by atoms with E-state index in [2.05, 4.69) is 10.7 Å². The minimum absolute atomic E-state index is 0.0599. The zero-order valence-corrected chi connectivity index (χ0v) is 7.45. The second-order valence-corrected chi connectivity index (χ2v) is 2.70. The number of nitrogens with zero attached hydrogens (tertiary/aromatic N) is 1. The molecule has 0 spiro atoms. The number of carbonyl (C=O) groups is 1. The normalized spacial score (nSPS) is 12.6. The fourth-order valence-corrected chi connectivity index (χ4v) is 0.815. The van der Waals surface area contributed by atoms with Gasteiger partial charge in [-0.25, -0.2) is 0 Å². The average molecular weight is 216 g/mol. The van der Waals surface area contributed by atoms with Crippen molar-refractivity contribution in [1.82, 2.24) is 4.98 Å². The van der Waals surface area contributed by atoms with Gasteiger partial charge >= 0.3 is 6.18 Å². The summed E-state index contributed by atoms with van der Waals surface area (Å²) in [5.41, 5.74) is 3.32. The third-order valence-corrected chi connectivity index (χ3v) is 1.56. The molecule has 6 heteroatoms. The molecule has 0 saturated heterocycles. The second kappa shape index (κ2) is 4.12. The Bertz CT molecular complexity index is 384. The maximum Gasteiger partial charge on any atom is 0.430 e. The molecule has 1 rings (SSSR count). The molecule has 3 nitrogen and oxygen atoms in total. The predicted octanol–water partition coefficient (Wildman–Crippen LogP) is 1.67. The summed E-state index contributed by atoms with van der Waals surface area (Å²) in [6, 6.07) is 2.81. The van der Waals surface area contributed by atoms with Crippen molar-refractivity contribution in [3.05, 3.63) is 41.9 Å². The third-order valence-electron chi connectivity index (χ3n) is 1.56. The second-order valence-electron chi connectivity index (χ2n) is 2.70. The lowest BCUT2D eigenvalue weighted by Crippen LogP contribution is -2.20. The quantitative estimate of drug-likeness (QED) is 0.604. The van der Waals surface area contributed by atoms with Gasteiger partial charge in [0, 0.05) is 24.0 Å². The van der Waals surface area contributed by atoms with Gasteiger partial charge in [0.25, 0.3) is 0 Å². The molecule has 15 heavy (non-hydrogen) atoms. The summed E-state index contributed by atoms with van der Waals surface area (Å²) in [5, 5.41) is 0. The van der Waals surface area contributed by atoms with E-state index in [9.17, 15) is 18.0 Å². The van der Waals surface area contributed by atoms with E-state index in [4.69, 9.17) is 0 Å². The average Bonchev–Trinajstić information content (AvgIpc) is 2.17. The molecule has 2 N–H and O–H groups in total. The Balaban J connectivity index is 2.90. The number of aromatic nitrogens is 1. The maximum absolute atomic E-state index is 12.0. The van der Waals surface area contributed by atoms with Gasteiger partial charge in [-0.1, -0.05) is 0 Å². The molecular formula is C9H7F3N2O. The molecule has 0 saturated carbocycles. The molecule has 80 valence electrons. The summed E-state index contributed by atoms with van der Waals surface area (Å²) in [4.78, 5) is 14.8. The highest BCUT2D eigenvalue weighted by Gasteiger charge is 2.32. The molecule has 0 unspecified atom stereocenters. The standard InChI is InChI=1S/C9H7F3N2O/c10-9(11,12)8(13)4-7(15)6-2-1-3-14-5-6/h1-5H,13H2/b8-4-. The van der Waals surface area contributed by atoms with Crippen LogP contribution in [0.5, 0.6) is 0 Å². The number of ketones is 1. The Labute approximate surface area is 83.4 Å². The van der Waals surface area contributed by atoms with Gasteiger partial charge in [0.1, 0.15) is 5.70 Å². The van der Waals surface area contributed by atoms with Crippen LogP contribution in [0.15, 0.2) is 36.3 Å². The predicted molar refractivity (Wildman–Crippen MR) is 46.9 cm³/mol. The van der Waals surface area contributed by atoms with E-state index in [0.29, 0.717) is 6.08 Å². The van der Waals surface area contributed by atoms with Crippen LogP contribution in [0, 0.1) is 0 Å². The van der Waals surface area contributed by atoms with Gasteiger partial charge in [-0.05, 0) is 12.1 Å². The number of halogens is 3. The molecule has 1 aromatic heterocycles. The van der Waals surface area contributed by atoms with Crippen LogP contribution in [0.2, 0.25) is 0 Å². The van der Waals surface area contributed by atoms with E-state index >= 15 is 0 Å². The van der Waals surface area contributed by atoms with E-state index in [0.717, 1.165) is 0 Å². The third kappa shape index (κ3) is 3.08. The highest BCUT2D eigenvalue weighted by molar-refractivity contribution is 6.04. The molecule has 0 fully saturated rings. The van der Waals surface area contributed by atoms with Crippen molar-refractivity contribution in [3.8, 4) is 0 Å². The van der Waals surface area contributed by atoms with Crippen LogP contribution < -0.4 is 5.73 Å². The first kappa shape index (κ1) is 11.2. The fraction of sp³-hybridized carbons (Fsp3) is 0.111. The Morgan fingerprint density at radius 3 is 2.60 bits per heavy atom. The topological polar surface area (TPSA) is 56.0 Å². The fourth-order valence-electron chi connectivity index (χ4n) is 0.815. The first-order valence-corrected chi connectivity index (χ1v) is 3.90. The van der Waals surface area contributed by atoms with Crippen molar-refractivity contribution >= 4 is 5.78 Å². The molecular weight excluding hydrogens is 209 g/mol. The summed E-state index contributed by atoms with van der Waals surface area (Å²) in [6.45, 7) is 0. The molecule has 0 bridgehead atoms. The van der Waals surface area contributed by atoms with Gasteiger partial charge in [0.05, 0.1) is 0 Å². The molecule has 0 atom stereocenters. The van der Waals surface area contributed by atoms with E-state index in [1.165, 1.54) is 24.5 Å². The lowest BCUT2D eigenvalue weighted by atomic mass is 10.1. The molecule has 0 aliphatic rings. The van der Waals surface area contributed by atoms with Crippen LogP contribution >= 0.6 is 0 Å². The number of nitrogens with two attached hydrogens (primary N) is 1. The number of hydrogen-bond donors (Lipinski definition) is 1. The van der Waals surface area contributed by atoms with E-state index in [-0.39, 0.29) is 5.56 Å². The van der Waals surface area contributed by atoms with E-state index < -0.39 is 17.7 Å². The molecule has 1 aromatic rings. The molecule has 0 aromatic carbocycles. The number of rotatable bonds is 2. The zero-order valence-electron chi connectivity index (χ0n) is 7.45. The highest BCUT2D eigenvalue weighted by atomic mass is 19.4. The van der Waals surface area contributed by atoms with Crippen LogP contribution in [0.3, 0.4) is 0 Å². The Morgan fingerprint density at radius 2 is 2.13 bits per heavy atom. The monoisotopic (exact) mass is 216 g/mol.